The molecule has 21 heavy (non-hydrogen) atoms. The van der Waals surface area contributed by atoms with Gasteiger partial charge in [-0.15, -0.1) is 0 Å². The number of anilines is 1. The van der Waals surface area contributed by atoms with Crippen molar-refractivity contribution in [2.45, 2.75) is 6.92 Å². The van der Waals surface area contributed by atoms with Gasteiger partial charge in [-0.05, 0) is 19.1 Å². The van der Waals surface area contributed by atoms with Crippen molar-refractivity contribution in [3.8, 4) is 17.7 Å². The van der Waals surface area contributed by atoms with Crippen LogP contribution in [0.2, 0.25) is 0 Å². The molecule has 0 radical (unpaired) electrons. The maximum Gasteiger partial charge on any atom is 0.247 e. The topological polar surface area (TPSA) is 84.0 Å². The van der Waals surface area contributed by atoms with Gasteiger partial charge in [0.15, 0.2) is 5.75 Å². The van der Waals surface area contributed by atoms with Gasteiger partial charge in [0.25, 0.3) is 0 Å². The maximum absolute atomic E-state index is 9.17. The number of fused-ring (bicyclic) bond motifs is 1. The van der Waals surface area contributed by atoms with E-state index < -0.39 is 0 Å². The molecule has 1 aromatic carbocycles. The van der Waals surface area contributed by atoms with Gasteiger partial charge in [0.1, 0.15) is 11.7 Å². The van der Waals surface area contributed by atoms with Gasteiger partial charge in [-0.25, -0.2) is 4.98 Å². The largest absolute Gasteiger partial charge is 0.442 e. The summed E-state index contributed by atoms with van der Waals surface area (Å²) in [4.78, 5) is 8.30. The SMILES string of the molecule is CCNc1nccc(Oc2c(C#N)oc3ccccc23)n1. The second kappa shape index (κ2) is 5.51. The standard InChI is InChI=1S/C15H12N4O2/c1-2-17-15-18-8-7-13(19-15)21-14-10-5-3-4-6-11(10)20-12(14)9-16/h3-8H,2H2,1H3,(H,17,18,19). The summed E-state index contributed by atoms with van der Waals surface area (Å²) in [5.41, 5.74) is 0.602. The van der Waals surface area contributed by atoms with E-state index in [1.807, 2.05) is 31.2 Å². The Morgan fingerprint density at radius 1 is 1.33 bits per heavy atom. The predicted octanol–water partition coefficient (Wildman–Crippen LogP) is 3.32. The molecule has 3 aromatic rings. The summed E-state index contributed by atoms with van der Waals surface area (Å²) >= 11 is 0. The Morgan fingerprint density at radius 3 is 3.00 bits per heavy atom. The Bertz CT molecular complexity index is 820. The first-order chi connectivity index (χ1) is 10.3. The summed E-state index contributed by atoms with van der Waals surface area (Å²) in [5, 5.41) is 12.9. The van der Waals surface area contributed by atoms with Crippen LogP contribution in [0, 0.1) is 11.3 Å². The van der Waals surface area contributed by atoms with Crippen LogP contribution < -0.4 is 10.1 Å². The number of furan rings is 1. The average molecular weight is 280 g/mol. The van der Waals surface area contributed by atoms with Crippen LogP contribution in [0.1, 0.15) is 12.7 Å². The number of rotatable bonds is 4. The predicted molar refractivity (Wildman–Crippen MR) is 77.2 cm³/mol. The molecule has 0 atom stereocenters. The highest BCUT2D eigenvalue weighted by Crippen LogP contribution is 2.35. The van der Waals surface area contributed by atoms with E-state index in [1.165, 1.54) is 0 Å². The van der Waals surface area contributed by atoms with Crippen LogP contribution in [0.25, 0.3) is 11.0 Å². The molecule has 6 heteroatoms. The van der Waals surface area contributed by atoms with Gasteiger partial charge in [-0.1, -0.05) is 12.1 Å². The molecule has 0 saturated carbocycles. The van der Waals surface area contributed by atoms with E-state index in [1.54, 1.807) is 18.3 Å². The van der Waals surface area contributed by atoms with Crippen molar-refractivity contribution in [3.63, 3.8) is 0 Å². The molecule has 6 nitrogen and oxygen atoms in total. The van der Waals surface area contributed by atoms with Crippen molar-refractivity contribution in [1.29, 1.82) is 5.26 Å². The molecule has 3 rings (SSSR count). The molecule has 0 saturated heterocycles. The van der Waals surface area contributed by atoms with Gasteiger partial charge >= 0.3 is 0 Å². The molecule has 0 aliphatic carbocycles. The second-order valence-electron chi connectivity index (χ2n) is 4.22. The fourth-order valence-corrected chi connectivity index (χ4v) is 1.94. The molecule has 2 heterocycles. The second-order valence-corrected chi connectivity index (χ2v) is 4.22. The van der Waals surface area contributed by atoms with E-state index in [0.29, 0.717) is 29.7 Å². The number of para-hydroxylation sites is 1. The minimum atomic E-state index is 0.125. The summed E-state index contributed by atoms with van der Waals surface area (Å²) in [6.45, 7) is 2.66. The molecular weight excluding hydrogens is 268 g/mol. The van der Waals surface area contributed by atoms with E-state index in [9.17, 15) is 0 Å². The average Bonchev–Trinajstić information content (AvgIpc) is 2.86. The van der Waals surface area contributed by atoms with Crippen molar-refractivity contribution in [2.75, 3.05) is 11.9 Å². The Labute approximate surface area is 121 Å². The molecule has 0 amide bonds. The fourth-order valence-electron chi connectivity index (χ4n) is 1.94. The number of nitrogens with one attached hydrogen (secondary N) is 1. The minimum Gasteiger partial charge on any atom is -0.442 e. The zero-order chi connectivity index (χ0) is 14.7. The third-order valence-electron chi connectivity index (χ3n) is 2.82. The first-order valence-electron chi connectivity index (χ1n) is 6.48. The van der Waals surface area contributed by atoms with E-state index in [2.05, 4.69) is 15.3 Å². The van der Waals surface area contributed by atoms with E-state index in [-0.39, 0.29) is 5.76 Å². The highest BCUT2D eigenvalue weighted by Gasteiger charge is 2.16. The molecule has 0 aliphatic rings. The molecule has 0 aliphatic heterocycles. The lowest BCUT2D eigenvalue weighted by Gasteiger charge is -2.05. The summed E-state index contributed by atoms with van der Waals surface area (Å²) < 4.78 is 11.2. The summed E-state index contributed by atoms with van der Waals surface area (Å²) in [7, 11) is 0. The summed E-state index contributed by atoms with van der Waals surface area (Å²) in [6, 6.07) is 10.9. The van der Waals surface area contributed by atoms with Crippen LogP contribution in [-0.2, 0) is 0 Å². The third kappa shape index (κ3) is 2.49. The van der Waals surface area contributed by atoms with Gasteiger partial charge in [0.2, 0.25) is 17.6 Å². The fraction of sp³-hybridized carbons (Fsp3) is 0.133. The number of hydrogen-bond donors (Lipinski definition) is 1. The highest BCUT2D eigenvalue weighted by molar-refractivity contribution is 5.86. The van der Waals surface area contributed by atoms with Crippen LogP contribution in [0.15, 0.2) is 40.9 Å². The number of nitriles is 1. The lowest BCUT2D eigenvalue weighted by atomic mass is 10.2. The van der Waals surface area contributed by atoms with Crippen LogP contribution in [0.4, 0.5) is 5.95 Å². The van der Waals surface area contributed by atoms with Crippen molar-refractivity contribution in [3.05, 3.63) is 42.3 Å². The Hall–Kier alpha value is -3.07. The number of hydrogen-bond acceptors (Lipinski definition) is 6. The van der Waals surface area contributed by atoms with Crippen LogP contribution in [-0.4, -0.2) is 16.5 Å². The lowest BCUT2D eigenvalue weighted by molar-refractivity contribution is 0.450. The van der Waals surface area contributed by atoms with Gasteiger partial charge in [-0.2, -0.15) is 10.2 Å². The third-order valence-corrected chi connectivity index (χ3v) is 2.82. The van der Waals surface area contributed by atoms with E-state index in [4.69, 9.17) is 14.4 Å². The van der Waals surface area contributed by atoms with Gasteiger partial charge in [0, 0.05) is 18.8 Å². The quantitative estimate of drug-likeness (QED) is 0.789. The van der Waals surface area contributed by atoms with Crippen molar-refractivity contribution < 1.29 is 9.15 Å². The first-order valence-corrected chi connectivity index (χ1v) is 6.48. The minimum absolute atomic E-state index is 0.125. The van der Waals surface area contributed by atoms with Crippen molar-refractivity contribution in [2.24, 2.45) is 0 Å². The number of nitrogens with zero attached hydrogens (tertiary/aromatic N) is 3. The number of ether oxygens (including phenoxy) is 1. The molecule has 0 unspecified atom stereocenters. The smallest absolute Gasteiger partial charge is 0.247 e. The lowest BCUT2D eigenvalue weighted by Crippen LogP contribution is -2.02. The Kier molecular flexibility index (Phi) is 3.39. The molecule has 0 fully saturated rings. The molecule has 104 valence electrons. The molecule has 1 N–H and O–H groups in total. The van der Waals surface area contributed by atoms with Gasteiger partial charge in [0.05, 0.1) is 5.39 Å². The normalized spacial score (nSPS) is 10.3. The number of benzene rings is 1. The van der Waals surface area contributed by atoms with Crippen LogP contribution in [0.5, 0.6) is 11.6 Å². The first kappa shape index (κ1) is 12.9. The van der Waals surface area contributed by atoms with Crippen molar-refractivity contribution >= 4 is 16.9 Å². The monoisotopic (exact) mass is 280 g/mol. The Morgan fingerprint density at radius 2 is 2.19 bits per heavy atom. The van der Waals surface area contributed by atoms with E-state index in [0.717, 1.165) is 5.39 Å². The van der Waals surface area contributed by atoms with Crippen LogP contribution >= 0.6 is 0 Å². The summed E-state index contributed by atoms with van der Waals surface area (Å²) in [6.07, 6.45) is 1.59. The van der Waals surface area contributed by atoms with Gasteiger partial charge in [-0.3, -0.25) is 0 Å². The van der Waals surface area contributed by atoms with Crippen LogP contribution in [0.3, 0.4) is 0 Å². The zero-order valence-electron chi connectivity index (χ0n) is 11.3. The van der Waals surface area contributed by atoms with Crippen molar-refractivity contribution in [1.82, 2.24) is 9.97 Å². The molecule has 2 aromatic heterocycles. The number of aromatic nitrogens is 2. The molecular formula is C15H12N4O2. The Balaban J connectivity index is 2.01. The van der Waals surface area contributed by atoms with E-state index >= 15 is 0 Å². The van der Waals surface area contributed by atoms with Gasteiger partial charge < -0.3 is 14.5 Å². The summed E-state index contributed by atoms with van der Waals surface area (Å²) in [5.74, 6) is 1.32. The maximum atomic E-state index is 9.17. The molecule has 0 spiro atoms. The molecule has 0 bridgehead atoms. The highest BCUT2D eigenvalue weighted by atomic mass is 16.5. The zero-order valence-corrected chi connectivity index (χ0v) is 11.3.